The molecule has 0 unspecified atom stereocenters. The van der Waals surface area contributed by atoms with Gasteiger partial charge in [-0.25, -0.2) is 13.2 Å². The fraction of sp³-hybridized carbons (Fsp3) is 0.514. The first-order valence-electron chi connectivity index (χ1n) is 17.0. The van der Waals surface area contributed by atoms with Gasteiger partial charge in [0.2, 0.25) is 21.8 Å². The zero-order valence-electron chi connectivity index (χ0n) is 29.9. The van der Waals surface area contributed by atoms with Gasteiger partial charge in [-0.1, -0.05) is 57.2 Å². The van der Waals surface area contributed by atoms with Crippen LogP contribution in [0.2, 0.25) is 0 Å². The van der Waals surface area contributed by atoms with E-state index in [-0.39, 0.29) is 19.4 Å². The molecule has 51 heavy (non-hydrogen) atoms. The van der Waals surface area contributed by atoms with Gasteiger partial charge in [0.25, 0.3) is 5.91 Å². The maximum Gasteiger partial charge on any atom is 0.408 e. The number of carbonyl (C=O) groups is 4. The van der Waals surface area contributed by atoms with Gasteiger partial charge in [0.05, 0.1) is 11.8 Å². The number of ether oxygens (including phenoxy) is 2. The van der Waals surface area contributed by atoms with Crippen LogP contribution in [0, 0.1) is 11.3 Å². The van der Waals surface area contributed by atoms with E-state index >= 15 is 0 Å². The molecule has 1 heterocycles. The summed E-state index contributed by atoms with van der Waals surface area (Å²) in [5.41, 5.74) is -4.65. The highest BCUT2D eigenvalue weighted by atomic mass is 32.2. The third kappa shape index (κ3) is 8.55. The first-order valence-corrected chi connectivity index (χ1v) is 18.6. The van der Waals surface area contributed by atoms with Gasteiger partial charge in [-0.05, 0) is 75.3 Å². The van der Waals surface area contributed by atoms with E-state index in [1.54, 1.807) is 77.9 Å². The predicted molar refractivity (Wildman–Crippen MR) is 189 cm³/mol. The fourth-order valence-corrected chi connectivity index (χ4v) is 7.64. The lowest BCUT2D eigenvalue weighted by atomic mass is 9.85. The molecular weight excluding hydrogens is 676 g/mol. The van der Waals surface area contributed by atoms with E-state index in [2.05, 4.69) is 21.9 Å². The quantitative estimate of drug-likeness (QED) is 0.250. The highest BCUT2D eigenvalue weighted by molar-refractivity contribution is 7.91. The summed E-state index contributed by atoms with van der Waals surface area (Å²) in [6, 6.07) is 13.3. The van der Waals surface area contributed by atoms with E-state index in [1.165, 1.54) is 11.0 Å². The Morgan fingerprint density at radius 2 is 1.57 bits per heavy atom. The van der Waals surface area contributed by atoms with Crippen LogP contribution < -0.4 is 20.1 Å². The summed E-state index contributed by atoms with van der Waals surface area (Å²) in [4.78, 5) is 56.3. The average Bonchev–Trinajstić information content (AvgIpc) is 3.96. The van der Waals surface area contributed by atoms with Crippen molar-refractivity contribution in [1.29, 1.82) is 0 Å². The average molecular weight is 725 g/mol. The summed E-state index contributed by atoms with van der Waals surface area (Å²) in [6.07, 6.45) is 1.36. The van der Waals surface area contributed by atoms with Crippen LogP contribution >= 0.6 is 0 Å². The molecule has 3 fully saturated rings. The Bertz CT molecular complexity index is 1780. The van der Waals surface area contributed by atoms with Crippen LogP contribution in [-0.2, 0) is 34.7 Å². The van der Waals surface area contributed by atoms with E-state index in [9.17, 15) is 32.7 Å². The molecule has 5 atom stereocenters. The van der Waals surface area contributed by atoms with E-state index < -0.39 is 79.2 Å². The second-order valence-corrected chi connectivity index (χ2v) is 17.7. The SMILES string of the molecule is C=C[C@@H]1C[C@]1(NC(=O)[C@@H]1C[C@@](O)(c2ccc(Oc3ccccc3)cc2)CN1C(=O)[C@@H](NC(=O)OC(C)(C)C)C(C)(C)C)C(=O)NS(=O)(=O)C1CC1. The van der Waals surface area contributed by atoms with Crippen molar-refractivity contribution < 1.29 is 42.2 Å². The minimum absolute atomic E-state index is 0.104. The number of carbonyl (C=O) groups excluding carboxylic acids is 4. The molecule has 276 valence electrons. The number of nitrogens with one attached hydrogen (secondary N) is 3. The van der Waals surface area contributed by atoms with Gasteiger partial charge in [-0.3, -0.25) is 19.1 Å². The molecule has 2 aliphatic carbocycles. The molecule has 0 bridgehead atoms. The Kier molecular flexibility index (Phi) is 10.1. The summed E-state index contributed by atoms with van der Waals surface area (Å²) in [7, 11) is -3.92. The Morgan fingerprint density at radius 1 is 0.961 bits per heavy atom. The fourth-order valence-electron chi connectivity index (χ4n) is 6.28. The molecule has 5 rings (SSSR count). The molecule has 13 nitrogen and oxygen atoms in total. The van der Waals surface area contributed by atoms with Crippen molar-refractivity contribution in [2.75, 3.05) is 6.54 Å². The number of alkyl carbamates (subject to hydrolysis) is 1. The van der Waals surface area contributed by atoms with Crippen LogP contribution in [0.5, 0.6) is 11.5 Å². The number of likely N-dealkylation sites (tertiary alicyclic amines) is 1. The van der Waals surface area contributed by atoms with Crippen molar-refractivity contribution in [3.8, 4) is 11.5 Å². The molecule has 1 aliphatic heterocycles. The lowest BCUT2D eigenvalue weighted by molar-refractivity contribution is -0.143. The molecule has 3 aliphatic rings. The monoisotopic (exact) mass is 724 g/mol. The van der Waals surface area contributed by atoms with Crippen molar-refractivity contribution >= 4 is 33.8 Å². The molecule has 2 saturated carbocycles. The summed E-state index contributed by atoms with van der Waals surface area (Å²) < 4.78 is 38.8. The van der Waals surface area contributed by atoms with Crippen LogP contribution in [0.3, 0.4) is 0 Å². The molecule has 0 aromatic heterocycles. The van der Waals surface area contributed by atoms with E-state index in [1.807, 2.05) is 18.2 Å². The van der Waals surface area contributed by atoms with Gasteiger partial charge in [0, 0.05) is 12.3 Å². The summed E-state index contributed by atoms with van der Waals surface area (Å²) in [5, 5.41) is 16.9. The molecule has 2 aromatic carbocycles. The normalized spacial score (nSPS) is 25.3. The van der Waals surface area contributed by atoms with Crippen molar-refractivity contribution in [3.05, 3.63) is 72.8 Å². The first-order chi connectivity index (χ1) is 23.7. The van der Waals surface area contributed by atoms with Gasteiger partial charge in [-0.15, -0.1) is 6.58 Å². The summed E-state index contributed by atoms with van der Waals surface area (Å²) >= 11 is 0. The van der Waals surface area contributed by atoms with Crippen LogP contribution in [-0.4, -0.2) is 77.3 Å². The Balaban J connectivity index is 1.45. The number of rotatable bonds is 11. The number of hydrogen-bond donors (Lipinski definition) is 4. The number of para-hydroxylation sites is 1. The smallest absolute Gasteiger partial charge is 0.408 e. The van der Waals surface area contributed by atoms with Gasteiger partial charge >= 0.3 is 6.09 Å². The second-order valence-electron chi connectivity index (χ2n) is 15.8. The van der Waals surface area contributed by atoms with Crippen LogP contribution in [0.25, 0.3) is 0 Å². The molecule has 2 aromatic rings. The summed E-state index contributed by atoms with van der Waals surface area (Å²) in [5.74, 6) is -1.75. The van der Waals surface area contributed by atoms with Crippen LogP contribution in [0.4, 0.5) is 4.79 Å². The highest BCUT2D eigenvalue weighted by Gasteiger charge is 2.62. The largest absolute Gasteiger partial charge is 0.457 e. The predicted octanol–water partition coefficient (Wildman–Crippen LogP) is 3.88. The minimum Gasteiger partial charge on any atom is -0.457 e. The van der Waals surface area contributed by atoms with E-state index in [0.29, 0.717) is 29.9 Å². The number of amides is 4. The number of nitrogens with zero attached hydrogens (tertiary/aromatic N) is 1. The number of benzene rings is 2. The standard InChI is InChI=1S/C37H48N4O9S/c1-8-23-20-37(23,32(44)40-51(47,48)27-18-19-27)39-30(42)28-21-36(46,24-14-16-26(17-15-24)49-25-12-10-9-11-13-25)22-41(28)31(43)29(34(2,3)4)38-33(45)50-35(5,6)7/h8-17,23,27-29,46H,1,18-22H2,2-7H3,(H,38,45)(H,39,42)(H,40,44)/t23-,28+,29-,36+,37-/m1/s1. The number of sulfonamides is 1. The van der Waals surface area contributed by atoms with Crippen LogP contribution in [0.1, 0.15) is 72.8 Å². The summed E-state index contributed by atoms with van der Waals surface area (Å²) in [6.45, 7) is 13.7. The van der Waals surface area contributed by atoms with Crippen molar-refractivity contribution in [3.63, 3.8) is 0 Å². The zero-order chi connectivity index (χ0) is 37.6. The maximum absolute atomic E-state index is 14.5. The van der Waals surface area contributed by atoms with Crippen molar-refractivity contribution in [2.45, 2.75) is 101 Å². The topological polar surface area (TPSA) is 180 Å². The Labute approximate surface area is 299 Å². The molecule has 14 heteroatoms. The first kappa shape index (κ1) is 37.8. The number of β-amino-alcohol motifs (C(OH)–C–C–N with tert-alkyl or cyclic N) is 1. The third-order valence-electron chi connectivity index (χ3n) is 9.32. The van der Waals surface area contributed by atoms with Crippen molar-refractivity contribution in [2.24, 2.45) is 11.3 Å². The molecule has 0 spiro atoms. The van der Waals surface area contributed by atoms with E-state index in [0.717, 1.165) is 0 Å². The zero-order valence-corrected chi connectivity index (χ0v) is 30.7. The Morgan fingerprint density at radius 3 is 2.10 bits per heavy atom. The lowest BCUT2D eigenvalue weighted by Gasteiger charge is -2.36. The van der Waals surface area contributed by atoms with Gasteiger partial charge < -0.3 is 30.1 Å². The molecule has 4 amide bonds. The number of hydrogen-bond acceptors (Lipinski definition) is 9. The van der Waals surface area contributed by atoms with Gasteiger partial charge in [0.1, 0.15) is 40.3 Å². The van der Waals surface area contributed by atoms with E-state index in [4.69, 9.17) is 9.47 Å². The number of aliphatic hydroxyl groups is 1. The highest BCUT2D eigenvalue weighted by Crippen LogP contribution is 2.46. The second kappa shape index (κ2) is 13.6. The lowest BCUT2D eigenvalue weighted by Crippen LogP contribution is -2.60. The molecular formula is C37H48N4O9S. The molecule has 1 saturated heterocycles. The molecule has 4 N–H and O–H groups in total. The maximum atomic E-state index is 14.5. The van der Waals surface area contributed by atoms with Gasteiger partial charge in [0.15, 0.2) is 0 Å². The Hall–Kier alpha value is -4.43. The van der Waals surface area contributed by atoms with Gasteiger partial charge in [-0.2, -0.15) is 0 Å². The van der Waals surface area contributed by atoms with Crippen molar-refractivity contribution in [1.82, 2.24) is 20.3 Å². The third-order valence-corrected chi connectivity index (χ3v) is 11.1. The minimum atomic E-state index is -3.92. The van der Waals surface area contributed by atoms with Crippen LogP contribution in [0.15, 0.2) is 67.3 Å². The molecule has 0 radical (unpaired) electrons.